The molecule has 0 bridgehead atoms. The van der Waals surface area contributed by atoms with E-state index in [0.29, 0.717) is 6.54 Å². The number of benzene rings is 1. The summed E-state index contributed by atoms with van der Waals surface area (Å²) in [5, 5.41) is 3.12. The van der Waals surface area contributed by atoms with E-state index in [1.54, 1.807) is 0 Å². The standard InChI is InChI=1S/C13H19NO/c1-11-4-6-12(7-5-11)13(2,3)10-14-8-9-15/h4-7,9,14H,8,10H2,1-3H3. The van der Waals surface area contributed by atoms with Gasteiger partial charge in [-0.1, -0.05) is 43.7 Å². The van der Waals surface area contributed by atoms with Crippen molar-refractivity contribution < 1.29 is 4.79 Å². The molecular weight excluding hydrogens is 186 g/mol. The summed E-state index contributed by atoms with van der Waals surface area (Å²) in [7, 11) is 0. The zero-order chi connectivity index (χ0) is 11.3. The molecule has 0 atom stereocenters. The monoisotopic (exact) mass is 205 g/mol. The lowest BCUT2D eigenvalue weighted by Gasteiger charge is -2.25. The molecule has 1 aromatic carbocycles. The molecule has 0 amide bonds. The summed E-state index contributed by atoms with van der Waals surface area (Å²) < 4.78 is 0. The Kier molecular flexibility index (Phi) is 4.04. The molecule has 0 aliphatic heterocycles. The van der Waals surface area contributed by atoms with E-state index >= 15 is 0 Å². The van der Waals surface area contributed by atoms with Crippen molar-refractivity contribution in [3.05, 3.63) is 35.4 Å². The third-order valence-corrected chi connectivity index (χ3v) is 2.63. The number of carbonyl (C=O) groups excluding carboxylic acids is 1. The Hall–Kier alpha value is -1.15. The van der Waals surface area contributed by atoms with Gasteiger partial charge in [-0.2, -0.15) is 0 Å². The predicted octanol–water partition coefficient (Wildman–Crippen LogP) is 2.06. The van der Waals surface area contributed by atoms with Crippen molar-refractivity contribution in [3.8, 4) is 0 Å². The van der Waals surface area contributed by atoms with Gasteiger partial charge >= 0.3 is 0 Å². The summed E-state index contributed by atoms with van der Waals surface area (Å²) in [4.78, 5) is 10.2. The number of hydrogen-bond donors (Lipinski definition) is 1. The first-order chi connectivity index (χ1) is 7.06. The Morgan fingerprint density at radius 2 is 1.87 bits per heavy atom. The summed E-state index contributed by atoms with van der Waals surface area (Å²) in [6.07, 6.45) is 0.894. The maximum atomic E-state index is 10.2. The third-order valence-electron chi connectivity index (χ3n) is 2.63. The van der Waals surface area contributed by atoms with Gasteiger partial charge in [0.05, 0.1) is 6.54 Å². The van der Waals surface area contributed by atoms with Crippen LogP contribution in [0.3, 0.4) is 0 Å². The molecule has 0 radical (unpaired) electrons. The molecule has 1 rings (SSSR count). The first-order valence-electron chi connectivity index (χ1n) is 5.28. The first kappa shape index (κ1) is 11.9. The van der Waals surface area contributed by atoms with Crippen LogP contribution in [0.15, 0.2) is 24.3 Å². The molecule has 0 aliphatic carbocycles. The summed E-state index contributed by atoms with van der Waals surface area (Å²) in [6.45, 7) is 7.68. The van der Waals surface area contributed by atoms with Gasteiger partial charge in [0.1, 0.15) is 6.29 Å². The minimum Gasteiger partial charge on any atom is -0.309 e. The Bertz CT molecular complexity index is 314. The maximum absolute atomic E-state index is 10.2. The molecule has 15 heavy (non-hydrogen) atoms. The van der Waals surface area contributed by atoms with Crippen molar-refractivity contribution >= 4 is 6.29 Å². The molecule has 1 N–H and O–H groups in total. The highest BCUT2D eigenvalue weighted by Crippen LogP contribution is 2.22. The Labute approximate surface area is 91.7 Å². The summed E-state index contributed by atoms with van der Waals surface area (Å²) >= 11 is 0. The van der Waals surface area contributed by atoms with Crippen molar-refractivity contribution in [1.82, 2.24) is 5.32 Å². The minimum absolute atomic E-state index is 0.0662. The minimum atomic E-state index is 0.0662. The van der Waals surface area contributed by atoms with Gasteiger partial charge in [0.15, 0.2) is 0 Å². The fourth-order valence-electron chi connectivity index (χ4n) is 1.55. The van der Waals surface area contributed by atoms with E-state index in [1.807, 2.05) is 0 Å². The van der Waals surface area contributed by atoms with Crippen LogP contribution in [0.25, 0.3) is 0 Å². The molecule has 0 spiro atoms. The molecular formula is C13H19NO. The third kappa shape index (κ3) is 3.48. The number of rotatable bonds is 5. The Balaban J connectivity index is 2.67. The van der Waals surface area contributed by atoms with Gasteiger partial charge in [0.2, 0.25) is 0 Å². The number of nitrogens with one attached hydrogen (secondary N) is 1. The number of aldehydes is 1. The summed E-state index contributed by atoms with van der Waals surface area (Å²) in [5.41, 5.74) is 2.64. The summed E-state index contributed by atoms with van der Waals surface area (Å²) in [6, 6.07) is 8.55. The number of aryl methyl sites for hydroxylation is 1. The topological polar surface area (TPSA) is 29.1 Å². The normalized spacial score (nSPS) is 11.4. The van der Waals surface area contributed by atoms with Gasteiger partial charge in [-0.15, -0.1) is 0 Å². The smallest absolute Gasteiger partial charge is 0.133 e. The van der Waals surface area contributed by atoms with Crippen LogP contribution in [0, 0.1) is 6.92 Å². The highest BCUT2D eigenvalue weighted by atomic mass is 16.1. The fraction of sp³-hybridized carbons (Fsp3) is 0.462. The van der Waals surface area contributed by atoms with E-state index in [4.69, 9.17) is 0 Å². The van der Waals surface area contributed by atoms with Crippen molar-refractivity contribution in [2.24, 2.45) is 0 Å². The van der Waals surface area contributed by atoms with Crippen LogP contribution < -0.4 is 5.32 Å². The van der Waals surface area contributed by atoms with Crippen molar-refractivity contribution in [3.63, 3.8) is 0 Å². The molecule has 0 saturated carbocycles. The summed E-state index contributed by atoms with van der Waals surface area (Å²) in [5.74, 6) is 0. The zero-order valence-corrected chi connectivity index (χ0v) is 9.71. The van der Waals surface area contributed by atoms with Crippen molar-refractivity contribution in [2.75, 3.05) is 13.1 Å². The first-order valence-corrected chi connectivity index (χ1v) is 5.28. The average Bonchev–Trinajstić information content (AvgIpc) is 2.18. The predicted molar refractivity (Wildman–Crippen MR) is 63.1 cm³/mol. The quantitative estimate of drug-likeness (QED) is 0.589. The molecule has 0 aliphatic rings. The van der Waals surface area contributed by atoms with E-state index in [2.05, 4.69) is 50.4 Å². The van der Waals surface area contributed by atoms with E-state index in [-0.39, 0.29) is 5.41 Å². The van der Waals surface area contributed by atoms with Gasteiger partial charge < -0.3 is 10.1 Å². The second kappa shape index (κ2) is 5.08. The molecule has 82 valence electrons. The van der Waals surface area contributed by atoms with Crippen LogP contribution in [0.5, 0.6) is 0 Å². The fourth-order valence-corrected chi connectivity index (χ4v) is 1.55. The van der Waals surface area contributed by atoms with Crippen LogP contribution in [-0.4, -0.2) is 19.4 Å². The lowest BCUT2D eigenvalue weighted by molar-refractivity contribution is -0.107. The molecule has 0 aromatic heterocycles. The van der Waals surface area contributed by atoms with Crippen LogP contribution in [0.1, 0.15) is 25.0 Å². The van der Waals surface area contributed by atoms with Crippen molar-refractivity contribution in [1.29, 1.82) is 0 Å². The van der Waals surface area contributed by atoms with Gasteiger partial charge in [-0.3, -0.25) is 0 Å². The largest absolute Gasteiger partial charge is 0.309 e. The van der Waals surface area contributed by atoms with E-state index < -0.39 is 0 Å². The Morgan fingerprint density at radius 3 is 2.40 bits per heavy atom. The Morgan fingerprint density at radius 1 is 1.27 bits per heavy atom. The molecule has 2 heteroatoms. The van der Waals surface area contributed by atoms with E-state index in [0.717, 1.165) is 12.8 Å². The molecule has 0 unspecified atom stereocenters. The van der Waals surface area contributed by atoms with Crippen LogP contribution in [0.2, 0.25) is 0 Å². The average molecular weight is 205 g/mol. The molecule has 1 aromatic rings. The number of hydrogen-bond acceptors (Lipinski definition) is 2. The van der Waals surface area contributed by atoms with E-state index in [9.17, 15) is 4.79 Å². The highest BCUT2D eigenvalue weighted by Gasteiger charge is 2.19. The van der Waals surface area contributed by atoms with Gasteiger partial charge in [-0.05, 0) is 12.5 Å². The number of carbonyl (C=O) groups is 1. The molecule has 0 heterocycles. The highest BCUT2D eigenvalue weighted by molar-refractivity contribution is 5.51. The van der Waals surface area contributed by atoms with Gasteiger partial charge in [0.25, 0.3) is 0 Å². The molecule has 0 fully saturated rings. The molecule has 0 saturated heterocycles. The lowest BCUT2D eigenvalue weighted by atomic mass is 9.84. The van der Waals surface area contributed by atoms with Gasteiger partial charge in [-0.25, -0.2) is 0 Å². The second-order valence-electron chi connectivity index (χ2n) is 4.55. The zero-order valence-electron chi connectivity index (χ0n) is 9.71. The maximum Gasteiger partial charge on any atom is 0.133 e. The van der Waals surface area contributed by atoms with Crippen molar-refractivity contribution in [2.45, 2.75) is 26.2 Å². The van der Waals surface area contributed by atoms with Gasteiger partial charge in [0, 0.05) is 12.0 Å². The van der Waals surface area contributed by atoms with E-state index in [1.165, 1.54) is 11.1 Å². The second-order valence-corrected chi connectivity index (χ2v) is 4.55. The van der Waals surface area contributed by atoms with Crippen LogP contribution in [-0.2, 0) is 10.2 Å². The lowest BCUT2D eigenvalue weighted by Crippen LogP contribution is -2.33. The molecule has 2 nitrogen and oxygen atoms in total. The van der Waals surface area contributed by atoms with Crippen LogP contribution in [0.4, 0.5) is 0 Å². The van der Waals surface area contributed by atoms with Crippen LogP contribution >= 0.6 is 0 Å². The SMILES string of the molecule is Cc1ccc(C(C)(C)CNCC=O)cc1.